The molecule has 1 aromatic rings. The number of hydrogen-bond donors (Lipinski definition) is 1. The van der Waals surface area contributed by atoms with Gasteiger partial charge in [0.1, 0.15) is 4.60 Å². The molecule has 0 unspecified atom stereocenters. The van der Waals surface area contributed by atoms with E-state index in [-0.39, 0.29) is 5.82 Å². The lowest BCUT2D eigenvalue weighted by Gasteiger charge is -2.16. The minimum Gasteiger partial charge on any atom is -0.380 e. The van der Waals surface area contributed by atoms with Gasteiger partial charge < -0.3 is 10.6 Å². The second-order valence-electron chi connectivity index (χ2n) is 3.18. The van der Waals surface area contributed by atoms with Crippen LogP contribution in [0.3, 0.4) is 0 Å². The molecule has 2 N–H and O–H groups in total. The van der Waals surface area contributed by atoms with Gasteiger partial charge in [-0.1, -0.05) is 6.07 Å². The van der Waals surface area contributed by atoms with Crippen LogP contribution in [0.1, 0.15) is 5.56 Å². The molecule has 0 bridgehead atoms. The highest BCUT2D eigenvalue weighted by molar-refractivity contribution is 9.10. The summed E-state index contributed by atoms with van der Waals surface area (Å²) in [5.74, 6) is 0.105. The number of hydrogen-bond acceptors (Lipinski definition) is 5. The van der Waals surface area contributed by atoms with Crippen LogP contribution in [-0.2, 0) is 6.54 Å². The van der Waals surface area contributed by atoms with Gasteiger partial charge in [0.05, 0.1) is 4.92 Å². The zero-order valence-corrected chi connectivity index (χ0v) is 10.2. The van der Waals surface area contributed by atoms with Gasteiger partial charge in [-0.25, -0.2) is 4.98 Å². The fourth-order valence-electron chi connectivity index (χ4n) is 1.07. The first-order chi connectivity index (χ1) is 7.49. The van der Waals surface area contributed by atoms with Crippen LogP contribution in [0, 0.1) is 10.1 Å². The molecule has 86 valence electrons. The lowest BCUT2D eigenvalue weighted by molar-refractivity contribution is -0.404. The first-order valence-electron chi connectivity index (χ1n) is 4.41. The molecule has 0 amide bonds. The SMILES string of the molecule is CN(Cc1ccc(Br)nc1)C(N)=C[N+](=O)[O-]. The molecule has 0 atom stereocenters. The highest BCUT2D eigenvalue weighted by Crippen LogP contribution is 2.09. The molecule has 1 heterocycles. The van der Waals surface area contributed by atoms with Crippen molar-refractivity contribution in [3.63, 3.8) is 0 Å². The summed E-state index contributed by atoms with van der Waals surface area (Å²) in [6.07, 6.45) is 2.45. The lowest BCUT2D eigenvalue weighted by Crippen LogP contribution is -2.24. The number of nitro groups is 1. The van der Waals surface area contributed by atoms with Crippen LogP contribution < -0.4 is 5.73 Å². The van der Waals surface area contributed by atoms with E-state index in [4.69, 9.17) is 5.73 Å². The van der Waals surface area contributed by atoms with Gasteiger partial charge in [0.15, 0.2) is 5.82 Å². The van der Waals surface area contributed by atoms with Crippen molar-refractivity contribution in [2.75, 3.05) is 7.05 Å². The maximum absolute atomic E-state index is 10.2. The Bertz CT molecular complexity index is 404. The van der Waals surface area contributed by atoms with E-state index in [2.05, 4.69) is 20.9 Å². The van der Waals surface area contributed by atoms with E-state index in [0.717, 1.165) is 16.4 Å². The van der Waals surface area contributed by atoms with E-state index in [1.807, 2.05) is 6.07 Å². The highest BCUT2D eigenvalue weighted by Gasteiger charge is 2.05. The third-order valence-electron chi connectivity index (χ3n) is 1.89. The average molecular weight is 287 g/mol. The fourth-order valence-corrected chi connectivity index (χ4v) is 1.31. The summed E-state index contributed by atoms with van der Waals surface area (Å²) in [6, 6.07) is 3.67. The molecule has 0 fully saturated rings. The molecule has 0 radical (unpaired) electrons. The normalized spacial score (nSPS) is 11.2. The van der Waals surface area contributed by atoms with Gasteiger partial charge in [0.25, 0.3) is 6.20 Å². The molecule has 0 aliphatic heterocycles. The van der Waals surface area contributed by atoms with Crippen LogP contribution in [0.25, 0.3) is 0 Å². The summed E-state index contributed by atoms with van der Waals surface area (Å²) >= 11 is 3.22. The Morgan fingerprint density at radius 1 is 1.75 bits per heavy atom. The Morgan fingerprint density at radius 2 is 2.44 bits per heavy atom. The fraction of sp³-hybridized carbons (Fsp3) is 0.222. The summed E-state index contributed by atoms with van der Waals surface area (Å²) in [7, 11) is 1.68. The van der Waals surface area contributed by atoms with E-state index in [9.17, 15) is 10.1 Å². The van der Waals surface area contributed by atoms with Gasteiger partial charge in [0, 0.05) is 19.8 Å². The molecule has 0 aliphatic carbocycles. The Balaban J connectivity index is 2.67. The predicted octanol–water partition coefficient (Wildman–Crippen LogP) is 1.31. The van der Waals surface area contributed by atoms with Crippen molar-refractivity contribution >= 4 is 15.9 Å². The van der Waals surface area contributed by atoms with Gasteiger partial charge in [-0.2, -0.15) is 0 Å². The number of rotatable bonds is 4. The Labute approximate surface area is 101 Å². The molecule has 6 nitrogen and oxygen atoms in total. The average Bonchev–Trinajstić information content (AvgIpc) is 2.20. The molecule has 0 spiro atoms. The first-order valence-corrected chi connectivity index (χ1v) is 5.20. The summed E-state index contributed by atoms with van der Waals surface area (Å²) in [6.45, 7) is 0.469. The van der Waals surface area contributed by atoms with Crippen LogP contribution in [-0.4, -0.2) is 21.9 Å². The molecule has 16 heavy (non-hydrogen) atoms. The summed E-state index contributed by atoms with van der Waals surface area (Å²) < 4.78 is 0.743. The van der Waals surface area contributed by atoms with E-state index in [1.54, 1.807) is 24.2 Å². The monoisotopic (exact) mass is 286 g/mol. The van der Waals surface area contributed by atoms with Crippen LogP contribution >= 0.6 is 15.9 Å². The van der Waals surface area contributed by atoms with Crippen LogP contribution in [0.2, 0.25) is 0 Å². The Hall–Kier alpha value is -1.63. The minimum atomic E-state index is -0.578. The maximum Gasteiger partial charge on any atom is 0.274 e. The minimum absolute atomic E-state index is 0.105. The van der Waals surface area contributed by atoms with E-state index in [0.29, 0.717) is 6.54 Å². The lowest BCUT2D eigenvalue weighted by atomic mass is 10.3. The molecule has 1 aromatic heterocycles. The van der Waals surface area contributed by atoms with Crippen molar-refractivity contribution in [3.8, 4) is 0 Å². The smallest absolute Gasteiger partial charge is 0.274 e. The topological polar surface area (TPSA) is 85.3 Å². The zero-order valence-electron chi connectivity index (χ0n) is 8.63. The Morgan fingerprint density at radius 3 is 2.94 bits per heavy atom. The molecule has 0 saturated carbocycles. The maximum atomic E-state index is 10.2. The van der Waals surface area contributed by atoms with E-state index >= 15 is 0 Å². The number of pyridine rings is 1. The van der Waals surface area contributed by atoms with Gasteiger partial charge in [-0.15, -0.1) is 0 Å². The Kier molecular flexibility index (Phi) is 4.24. The quantitative estimate of drug-likeness (QED) is 0.512. The molecule has 1 rings (SSSR count). The molecule has 0 aliphatic rings. The predicted molar refractivity (Wildman–Crippen MR) is 62.7 cm³/mol. The van der Waals surface area contributed by atoms with Crippen molar-refractivity contribution in [2.45, 2.75) is 6.54 Å². The second-order valence-corrected chi connectivity index (χ2v) is 4.00. The van der Waals surface area contributed by atoms with Gasteiger partial charge >= 0.3 is 0 Å². The second kappa shape index (κ2) is 5.45. The number of nitrogens with two attached hydrogens (primary N) is 1. The van der Waals surface area contributed by atoms with E-state index < -0.39 is 4.92 Å². The van der Waals surface area contributed by atoms with Crippen molar-refractivity contribution in [2.24, 2.45) is 5.73 Å². The van der Waals surface area contributed by atoms with Crippen molar-refractivity contribution < 1.29 is 4.92 Å². The molecule has 7 heteroatoms. The first kappa shape index (κ1) is 12.4. The van der Waals surface area contributed by atoms with Gasteiger partial charge in [-0.05, 0) is 27.6 Å². The summed E-state index contributed by atoms with van der Waals surface area (Å²) in [4.78, 5) is 15.3. The van der Waals surface area contributed by atoms with Crippen LogP contribution in [0.4, 0.5) is 0 Å². The summed E-state index contributed by atoms with van der Waals surface area (Å²) in [5, 5.41) is 10.2. The largest absolute Gasteiger partial charge is 0.380 e. The molecular formula is C9H11BrN4O2. The van der Waals surface area contributed by atoms with Gasteiger partial charge in [-0.3, -0.25) is 10.1 Å². The molecule has 0 saturated heterocycles. The van der Waals surface area contributed by atoms with Gasteiger partial charge in [0.2, 0.25) is 0 Å². The summed E-state index contributed by atoms with van der Waals surface area (Å²) in [5.41, 5.74) is 6.43. The van der Waals surface area contributed by atoms with Crippen molar-refractivity contribution in [1.82, 2.24) is 9.88 Å². The number of nitrogens with zero attached hydrogens (tertiary/aromatic N) is 3. The molecule has 0 aromatic carbocycles. The highest BCUT2D eigenvalue weighted by atomic mass is 79.9. The third-order valence-corrected chi connectivity index (χ3v) is 2.36. The number of aromatic nitrogens is 1. The van der Waals surface area contributed by atoms with Crippen LogP contribution in [0.15, 0.2) is 35.0 Å². The zero-order chi connectivity index (χ0) is 12.1. The third kappa shape index (κ3) is 3.85. The number of halogens is 1. The van der Waals surface area contributed by atoms with E-state index in [1.165, 1.54) is 0 Å². The standard InChI is InChI=1S/C9H11BrN4O2/c1-13(9(11)6-14(15)16)5-7-2-3-8(10)12-4-7/h2-4,6H,5,11H2,1H3. The van der Waals surface area contributed by atoms with Crippen molar-refractivity contribution in [3.05, 3.63) is 50.6 Å². The van der Waals surface area contributed by atoms with Crippen molar-refractivity contribution in [1.29, 1.82) is 0 Å². The molecular weight excluding hydrogens is 276 g/mol. The van der Waals surface area contributed by atoms with Crippen LogP contribution in [0.5, 0.6) is 0 Å².